The molecule has 0 bridgehead atoms. The van der Waals surface area contributed by atoms with Crippen molar-refractivity contribution in [3.8, 4) is 33.6 Å². The van der Waals surface area contributed by atoms with Gasteiger partial charge in [0.1, 0.15) is 23.7 Å². The van der Waals surface area contributed by atoms with Gasteiger partial charge < -0.3 is 39.9 Å². The van der Waals surface area contributed by atoms with E-state index in [9.17, 15) is 19.2 Å². The Kier molecular flexibility index (Phi) is 14.4. The molecule has 358 valence electrons. The van der Waals surface area contributed by atoms with E-state index >= 15 is 0 Å². The van der Waals surface area contributed by atoms with Crippen molar-refractivity contribution in [1.82, 2.24) is 40.4 Å². The van der Waals surface area contributed by atoms with Gasteiger partial charge in [-0.05, 0) is 115 Å². The van der Waals surface area contributed by atoms with Crippen LogP contribution in [-0.4, -0.2) is 93.1 Å². The number of hydrogen-bond donors (Lipinski definition) is 4. The van der Waals surface area contributed by atoms with Crippen molar-refractivity contribution in [3.05, 3.63) is 84.7 Å². The Balaban J connectivity index is 0.00000175. The Hall–Kier alpha value is -6.18. The van der Waals surface area contributed by atoms with Gasteiger partial charge in [-0.1, -0.05) is 89.1 Å². The number of rotatable bonds is 11. The average Bonchev–Trinajstić information content (AvgIpc) is 4.01. The van der Waals surface area contributed by atoms with Crippen LogP contribution in [-0.2, 0) is 19.1 Å². The largest absolute Gasteiger partial charge is 0.453 e. The lowest BCUT2D eigenvalue weighted by molar-refractivity contribution is -0.141. The standard InChI is InChI=1S/C50H60N8O6.C2H6.4H2/c1-29-11-21-41(57(27-29)47(59)43(33-7-5-8-33)55-49(61)63-3)45-51-25-39(53-45)32-15-13-31(14-16-32)35-17-18-37-24-38(20-19-36(37)23-35)40-26-52-46(54-40)42-22-12-30(2)28-58(42)48(60)44(34-9-6-10-34)56-50(62)64-4;1-2;;;;/h13-20,23-26,29-30,33-34,41-44H,5-12,21-22,27-28H2,1-4H3,(H,51,53)(H,52,54)(H,55,61)(H,56,62);1-2H3;4*1H/t29-,30-,41-,42-,43-,44-;;;;;/m0...../s1. The number of aromatic nitrogens is 4. The van der Waals surface area contributed by atoms with Gasteiger partial charge in [-0.25, -0.2) is 19.6 Å². The summed E-state index contributed by atoms with van der Waals surface area (Å²) in [6.07, 6.45) is 11.9. The van der Waals surface area contributed by atoms with Gasteiger partial charge in [-0.15, -0.1) is 0 Å². The number of hydrogen-bond acceptors (Lipinski definition) is 8. The molecular formula is C52H74N8O6. The first-order valence-corrected chi connectivity index (χ1v) is 24.1. The number of H-pyrrole nitrogens is 2. The lowest BCUT2D eigenvalue weighted by atomic mass is 9.78. The molecule has 4 aliphatic rings. The Bertz CT molecular complexity index is 2510. The van der Waals surface area contributed by atoms with Crippen LogP contribution in [0.1, 0.15) is 121 Å². The van der Waals surface area contributed by atoms with E-state index in [4.69, 9.17) is 19.4 Å². The molecule has 66 heavy (non-hydrogen) atoms. The van der Waals surface area contributed by atoms with E-state index in [0.29, 0.717) is 24.9 Å². The van der Waals surface area contributed by atoms with Crippen molar-refractivity contribution in [2.75, 3.05) is 27.3 Å². The third kappa shape index (κ3) is 9.83. The van der Waals surface area contributed by atoms with Crippen LogP contribution in [0.15, 0.2) is 73.1 Å². The molecule has 2 saturated carbocycles. The second-order valence-electron chi connectivity index (χ2n) is 18.7. The number of fused-ring (bicyclic) bond motifs is 1. The van der Waals surface area contributed by atoms with Crippen LogP contribution >= 0.6 is 0 Å². The maximum Gasteiger partial charge on any atom is 0.407 e. The minimum Gasteiger partial charge on any atom is -0.453 e. The van der Waals surface area contributed by atoms with Gasteiger partial charge in [-0.3, -0.25) is 9.59 Å². The van der Waals surface area contributed by atoms with Gasteiger partial charge in [-0.2, -0.15) is 0 Å². The van der Waals surface area contributed by atoms with Gasteiger partial charge in [0.25, 0.3) is 0 Å². The minimum atomic E-state index is -0.604. The fourth-order valence-electron chi connectivity index (χ4n) is 10.1. The molecule has 0 radical (unpaired) electrons. The first kappa shape index (κ1) is 46.4. The van der Waals surface area contributed by atoms with E-state index in [2.05, 4.69) is 95.1 Å². The summed E-state index contributed by atoms with van der Waals surface area (Å²) in [5.41, 5.74) is 5.97. The van der Waals surface area contributed by atoms with Crippen molar-refractivity contribution in [2.45, 2.75) is 116 Å². The predicted octanol–water partition coefficient (Wildman–Crippen LogP) is 10.9. The summed E-state index contributed by atoms with van der Waals surface area (Å²) in [6.45, 7) is 9.56. The molecule has 4 amide bonds. The van der Waals surface area contributed by atoms with E-state index < -0.39 is 24.3 Å². The number of nitrogens with one attached hydrogen (secondary N) is 4. The highest BCUT2D eigenvalue weighted by Crippen LogP contribution is 2.39. The number of ether oxygens (including phenoxy) is 2. The van der Waals surface area contributed by atoms with Crippen LogP contribution in [0.4, 0.5) is 9.59 Å². The third-order valence-corrected chi connectivity index (χ3v) is 14.4. The molecule has 2 aliphatic carbocycles. The van der Waals surface area contributed by atoms with Gasteiger partial charge in [0.2, 0.25) is 11.8 Å². The van der Waals surface area contributed by atoms with Gasteiger partial charge in [0, 0.05) is 24.4 Å². The van der Waals surface area contributed by atoms with Crippen LogP contribution in [0.5, 0.6) is 0 Å². The average molecular weight is 907 g/mol. The van der Waals surface area contributed by atoms with Crippen LogP contribution in [0, 0.1) is 23.7 Å². The Morgan fingerprint density at radius 3 is 1.44 bits per heavy atom. The van der Waals surface area contributed by atoms with Crippen LogP contribution in [0.2, 0.25) is 0 Å². The number of aromatic amines is 2. The third-order valence-electron chi connectivity index (χ3n) is 14.4. The SMILES string of the molecule is CC.COC(=O)N[C@H](C(=O)N1C[C@@H](C)CC[C@H]1c1ncc(-c2ccc(-c3ccc4cc(-c5cnc([C@@H]6CC[C@H](C)CN6C(=O)[C@@H](NC(=O)OC)C6CCC6)[nH]5)ccc4c3)cc2)[nH]1)C1CCC1.[HH].[HH].[HH].[HH]. The van der Waals surface area contributed by atoms with Gasteiger partial charge in [0.05, 0.1) is 50.1 Å². The molecule has 5 aromatic rings. The summed E-state index contributed by atoms with van der Waals surface area (Å²) in [4.78, 5) is 73.2. The van der Waals surface area contributed by atoms with Crippen LogP contribution in [0.25, 0.3) is 44.4 Å². The molecule has 4 heterocycles. The van der Waals surface area contributed by atoms with Crippen LogP contribution in [0.3, 0.4) is 0 Å². The Labute approximate surface area is 394 Å². The number of imidazole rings is 2. The van der Waals surface area contributed by atoms with Crippen LogP contribution < -0.4 is 10.6 Å². The highest BCUT2D eigenvalue weighted by Gasteiger charge is 2.43. The fraction of sp³-hybridized carbons (Fsp3) is 0.500. The van der Waals surface area contributed by atoms with E-state index in [1.54, 1.807) is 0 Å². The molecule has 6 atom stereocenters. The molecule has 9 rings (SSSR count). The smallest absolute Gasteiger partial charge is 0.407 e. The number of likely N-dealkylation sites (tertiary alicyclic amines) is 2. The monoisotopic (exact) mass is 907 g/mol. The molecule has 14 nitrogen and oxygen atoms in total. The molecule has 2 saturated heterocycles. The number of methoxy groups -OCH3 is 2. The van der Waals surface area contributed by atoms with Crippen molar-refractivity contribution in [2.24, 2.45) is 23.7 Å². The number of amides is 4. The molecule has 0 unspecified atom stereocenters. The highest BCUT2D eigenvalue weighted by atomic mass is 16.5. The quantitative estimate of drug-likeness (QED) is 0.101. The van der Waals surface area contributed by atoms with E-state index in [0.717, 1.165) is 120 Å². The van der Waals surface area contributed by atoms with E-state index in [1.165, 1.54) is 14.2 Å². The van der Waals surface area contributed by atoms with E-state index in [-0.39, 0.29) is 41.4 Å². The maximum atomic E-state index is 14.1. The minimum absolute atomic E-state index is 0. The first-order chi connectivity index (χ1) is 32.1. The molecule has 2 aromatic heterocycles. The second kappa shape index (κ2) is 20.6. The molecule has 14 heteroatoms. The number of carbonyl (C=O) groups is 4. The maximum absolute atomic E-state index is 14.1. The zero-order valence-electron chi connectivity index (χ0n) is 39.3. The number of carbonyl (C=O) groups excluding carboxylic acids is 4. The summed E-state index contributed by atoms with van der Waals surface area (Å²) in [5, 5.41) is 7.90. The number of nitrogens with zero attached hydrogens (tertiary/aromatic N) is 4. The molecule has 4 N–H and O–H groups in total. The lowest BCUT2D eigenvalue weighted by Gasteiger charge is -2.42. The van der Waals surface area contributed by atoms with Crippen molar-refractivity contribution in [3.63, 3.8) is 0 Å². The summed E-state index contributed by atoms with van der Waals surface area (Å²) < 4.78 is 9.77. The topological polar surface area (TPSA) is 175 Å². The molecule has 0 spiro atoms. The lowest BCUT2D eigenvalue weighted by Crippen LogP contribution is -2.56. The second-order valence-corrected chi connectivity index (χ2v) is 18.7. The molecule has 4 fully saturated rings. The molecular weight excluding hydrogens is 833 g/mol. The number of piperidine rings is 2. The van der Waals surface area contributed by atoms with Crippen molar-refractivity contribution in [1.29, 1.82) is 0 Å². The molecule has 2 aliphatic heterocycles. The van der Waals surface area contributed by atoms with Gasteiger partial charge >= 0.3 is 12.2 Å². The summed E-state index contributed by atoms with van der Waals surface area (Å²) in [6, 6.07) is 19.7. The Morgan fingerprint density at radius 1 is 0.591 bits per heavy atom. The predicted molar refractivity (Wildman–Crippen MR) is 263 cm³/mol. The fourth-order valence-corrected chi connectivity index (χ4v) is 10.1. The van der Waals surface area contributed by atoms with Gasteiger partial charge in [0.15, 0.2) is 0 Å². The normalized spacial score (nSPS) is 21.9. The highest BCUT2D eigenvalue weighted by molar-refractivity contribution is 5.91. The Morgan fingerprint density at radius 2 is 1.00 bits per heavy atom. The zero-order valence-corrected chi connectivity index (χ0v) is 39.3. The summed E-state index contributed by atoms with van der Waals surface area (Å²) >= 11 is 0. The summed E-state index contributed by atoms with van der Waals surface area (Å²) in [7, 11) is 2.66. The first-order valence-electron chi connectivity index (χ1n) is 24.1. The number of alkyl carbamates (subject to hydrolysis) is 2. The van der Waals surface area contributed by atoms with E-state index in [1.807, 2.05) is 36.0 Å². The summed E-state index contributed by atoms with van der Waals surface area (Å²) in [5.74, 6) is 2.31. The van der Waals surface area contributed by atoms with Crippen molar-refractivity contribution >= 4 is 34.8 Å². The van der Waals surface area contributed by atoms with Crippen molar-refractivity contribution < 1.29 is 34.4 Å². The molecule has 3 aromatic carbocycles. The zero-order chi connectivity index (χ0) is 46.5. The number of benzene rings is 3.